The molecule has 16 nitrogen and oxygen atoms in total. The number of hydrogen-bond donors (Lipinski definition) is 9. The van der Waals surface area contributed by atoms with Crippen molar-refractivity contribution >= 4 is 11.8 Å². The predicted octanol–water partition coefficient (Wildman–Crippen LogP) is -5.58. The smallest absolute Gasteiger partial charge is 0.217 e. The molecule has 38 heavy (non-hydrogen) atoms. The van der Waals surface area contributed by atoms with Crippen molar-refractivity contribution in [3.05, 3.63) is 0 Å². The van der Waals surface area contributed by atoms with Crippen LogP contribution in [0.15, 0.2) is 0 Å². The van der Waals surface area contributed by atoms with Crippen LogP contribution < -0.4 is 10.6 Å². The normalized spacial score (nSPS) is 45.8. The second-order valence-electron chi connectivity index (χ2n) is 9.72. The molecule has 0 aliphatic carbocycles. The molecule has 2 amide bonds. The quantitative estimate of drug-likeness (QED) is 0.136. The molecule has 3 saturated heterocycles. The summed E-state index contributed by atoms with van der Waals surface area (Å²) in [5, 5.41) is 76.5. The van der Waals surface area contributed by atoms with Gasteiger partial charge in [-0.15, -0.1) is 0 Å². The lowest BCUT2D eigenvalue weighted by molar-refractivity contribution is -0.323. The predicted molar refractivity (Wildman–Crippen MR) is 122 cm³/mol. The summed E-state index contributed by atoms with van der Waals surface area (Å²) >= 11 is 0. The Labute approximate surface area is 218 Å². The Bertz CT molecular complexity index is 806. The first-order valence-corrected chi connectivity index (χ1v) is 12.3. The molecule has 0 unspecified atom stereocenters. The number of hydrogen-bond acceptors (Lipinski definition) is 14. The van der Waals surface area contributed by atoms with E-state index in [1.165, 1.54) is 13.8 Å². The number of amides is 2. The maximum Gasteiger partial charge on any atom is 0.217 e. The van der Waals surface area contributed by atoms with Gasteiger partial charge >= 0.3 is 0 Å². The Morgan fingerprint density at radius 3 is 2.08 bits per heavy atom. The fraction of sp³-hybridized carbons (Fsp3) is 0.909. The van der Waals surface area contributed by atoms with Crippen LogP contribution in [0.4, 0.5) is 0 Å². The molecule has 9 N–H and O–H groups in total. The first-order chi connectivity index (χ1) is 17.8. The Balaban J connectivity index is 1.80. The lowest BCUT2D eigenvalue weighted by Gasteiger charge is -2.47. The van der Waals surface area contributed by atoms with Gasteiger partial charge in [0.25, 0.3) is 0 Å². The highest BCUT2D eigenvalue weighted by atomic mass is 16.7. The molecule has 0 bridgehead atoms. The number of carbonyl (C=O) groups excluding carboxylic acids is 2. The highest BCUT2D eigenvalue weighted by Gasteiger charge is 2.50. The first-order valence-electron chi connectivity index (χ1n) is 12.3. The van der Waals surface area contributed by atoms with E-state index in [0.717, 1.165) is 6.92 Å². The third-order valence-corrected chi connectivity index (χ3v) is 6.77. The van der Waals surface area contributed by atoms with Crippen LogP contribution in [0.5, 0.6) is 0 Å². The van der Waals surface area contributed by atoms with E-state index in [1.807, 2.05) is 0 Å². The van der Waals surface area contributed by atoms with E-state index in [2.05, 4.69) is 10.6 Å². The van der Waals surface area contributed by atoms with Gasteiger partial charge in [0.2, 0.25) is 11.8 Å². The van der Waals surface area contributed by atoms with Gasteiger partial charge < -0.3 is 70.1 Å². The Hall–Kier alpha value is -1.54. The molecule has 220 valence electrons. The average molecular weight is 555 g/mol. The minimum atomic E-state index is -1.61. The van der Waals surface area contributed by atoms with Gasteiger partial charge in [-0.25, -0.2) is 0 Å². The van der Waals surface area contributed by atoms with Gasteiger partial charge in [0.15, 0.2) is 12.6 Å². The van der Waals surface area contributed by atoms with Crippen LogP contribution >= 0.6 is 0 Å². The summed E-state index contributed by atoms with van der Waals surface area (Å²) in [7, 11) is 0. The van der Waals surface area contributed by atoms with Gasteiger partial charge in [-0.05, 0) is 6.92 Å². The molecule has 3 aliphatic heterocycles. The van der Waals surface area contributed by atoms with Gasteiger partial charge in [-0.1, -0.05) is 0 Å². The topological polar surface area (TPSA) is 246 Å². The van der Waals surface area contributed by atoms with Gasteiger partial charge in [-0.3, -0.25) is 9.59 Å². The van der Waals surface area contributed by atoms with Crippen LogP contribution in [0.1, 0.15) is 20.8 Å². The van der Waals surface area contributed by atoms with Crippen LogP contribution in [0.25, 0.3) is 0 Å². The summed E-state index contributed by atoms with van der Waals surface area (Å²) in [5.74, 6) is -1.05. The van der Waals surface area contributed by atoms with Crippen molar-refractivity contribution in [2.45, 2.75) is 106 Å². The highest BCUT2D eigenvalue weighted by molar-refractivity contribution is 5.73. The third-order valence-electron chi connectivity index (χ3n) is 6.77. The van der Waals surface area contributed by atoms with Crippen molar-refractivity contribution in [2.75, 3.05) is 19.8 Å². The summed E-state index contributed by atoms with van der Waals surface area (Å²) in [6, 6.07) is -2.25. The number of nitrogens with one attached hydrogen (secondary N) is 2. The molecular formula is C22H38N2O14. The molecule has 0 spiro atoms. The van der Waals surface area contributed by atoms with E-state index in [4.69, 9.17) is 23.7 Å². The number of aliphatic hydroxyl groups excluding tert-OH is 7. The monoisotopic (exact) mass is 554 g/mol. The second kappa shape index (κ2) is 13.2. The second-order valence-corrected chi connectivity index (χ2v) is 9.72. The highest BCUT2D eigenvalue weighted by Crippen LogP contribution is 2.29. The minimum Gasteiger partial charge on any atom is -0.394 e. The van der Waals surface area contributed by atoms with Crippen LogP contribution in [-0.4, -0.2) is 153 Å². The molecule has 3 heterocycles. The summed E-state index contributed by atoms with van der Waals surface area (Å²) in [4.78, 5) is 23.4. The summed E-state index contributed by atoms with van der Waals surface area (Å²) < 4.78 is 28.3. The summed E-state index contributed by atoms with van der Waals surface area (Å²) in [6.45, 7) is 2.64. The van der Waals surface area contributed by atoms with Crippen molar-refractivity contribution in [1.29, 1.82) is 0 Å². The Morgan fingerprint density at radius 1 is 0.816 bits per heavy atom. The van der Waals surface area contributed by atoms with Crippen LogP contribution in [-0.2, 0) is 33.3 Å². The lowest BCUT2D eigenvalue weighted by Crippen LogP contribution is -2.68. The molecule has 0 aromatic carbocycles. The Kier molecular flexibility index (Phi) is 10.8. The van der Waals surface area contributed by atoms with E-state index in [9.17, 15) is 45.3 Å². The van der Waals surface area contributed by atoms with E-state index in [-0.39, 0.29) is 13.2 Å². The molecule has 0 radical (unpaired) electrons. The number of ether oxygens (including phenoxy) is 5. The molecule has 3 rings (SSSR count). The molecule has 0 aromatic rings. The number of aliphatic hydroxyl groups is 7. The fourth-order valence-corrected chi connectivity index (χ4v) is 4.65. The van der Waals surface area contributed by atoms with E-state index in [0.29, 0.717) is 0 Å². The molecule has 16 heteroatoms. The maximum absolute atomic E-state index is 11.8. The molecular weight excluding hydrogens is 516 g/mol. The van der Waals surface area contributed by atoms with E-state index in [1.54, 1.807) is 0 Å². The average Bonchev–Trinajstić information content (AvgIpc) is 2.86. The summed E-state index contributed by atoms with van der Waals surface area (Å²) in [6.07, 6.45) is -16.6. The van der Waals surface area contributed by atoms with E-state index < -0.39 is 104 Å². The standard InChI is InChI=1S/C22H38N2O14/c1-7-14(28)18(32)19(33)22(36-7)35-6-12-20(15(29)10(5-34-12)23-8(2)26)38-21-13(24-9(3)27)17(31)16(30)11(4-25)37-21/h7,10-22,25,28-33H,4-6H2,1-3H3,(H,23,26)(H,24,27)/t7-,10+,11-,12-,13-,14-,15-,16-,17-,18-,19+,20-,21+,22+/m1/s1. The zero-order valence-corrected chi connectivity index (χ0v) is 21.2. The zero-order valence-electron chi connectivity index (χ0n) is 21.2. The minimum absolute atomic E-state index is 0.165. The van der Waals surface area contributed by atoms with Gasteiger partial charge in [-0.2, -0.15) is 0 Å². The molecule has 3 aliphatic rings. The maximum atomic E-state index is 11.8. The number of carbonyl (C=O) groups is 2. The van der Waals surface area contributed by atoms with Crippen LogP contribution in [0, 0.1) is 0 Å². The zero-order chi connectivity index (χ0) is 28.3. The third kappa shape index (κ3) is 6.96. The van der Waals surface area contributed by atoms with Crippen LogP contribution in [0.3, 0.4) is 0 Å². The van der Waals surface area contributed by atoms with Crippen molar-refractivity contribution < 1.29 is 69.0 Å². The molecule has 0 aromatic heterocycles. The summed E-state index contributed by atoms with van der Waals surface area (Å²) in [5.41, 5.74) is 0. The van der Waals surface area contributed by atoms with Crippen molar-refractivity contribution in [3.63, 3.8) is 0 Å². The SMILES string of the molecule is CC(=O)N[C@H]1[C@H](O[C@H]2[C@H](O)[C@@H](NC(C)=O)CO[C@@H]2CO[C@H]2O[C@H](C)[C@@H](O)[C@@H](O)[C@@H]2O)O[C@H](CO)[C@@H](O)[C@@H]1O. The molecule has 0 saturated carbocycles. The first kappa shape index (κ1) is 31.0. The largest absolute Gasteiger partial charge is 0.394 e. The fourth-order valence-electron chi connectivity index (χ4n) is 4.65. The Morgan fingerprint density at radius 2 is 1.47 bits per heavy atom. The van der Waals surface area contributed by atoms with Crippen LogP contribution in [0.2, 0.25) is 0 Å². The lowest BCUT2D eigenvalue weighted by atomic mass is 9.95. The van der Waals surface area contributed by atoms with E-state index >= 15 is 0 Å². The number of rotatable bonds is 8. The van der Waals surface area contributed by atoms with Gasteiger partial charge in [0, 0.05) is 13.8 Å². The van der Waals surface area contributed by atoms with Crippen molar-refractivity contribution in [2.24, 2.45) is 0 Å². The van der Waals surface area contributed by atoms with Gasteiger partial charge in [0.1, 0.15) is 61.0 Å². The molecule has 14 atom stereocenters. The molecule has 3 fully saturated rings. The van der Waals surface area contributed by atoms with Gasteiger partial charge in [0.05, 0.1) is 32.0 Å². The van der Waals surface area contributed by atoms with Crippen molar-refractivity contribution in [3.8, 4) is 0 Å². The van der Waals surface area contributed by atoms with Crippen molar-refractivity contribution in [1.82, 2.24) is 10.6 Å².